The number of aliphatic carboxylic acids is 3. The number of unbranched alkanes of at least 4 members (excludes halogenated alkanes) is 7. The highest BCUT2D eigenvalue weighted by molar-refractivity contribution is 5.94. The van der Waals surface area contributed by atoms with Crippen molar-refractivity contribution in [1.82, 2.24) is 16.0 Å². The first-order chi connectivity index (χ1) is 24.8. The molecule has 0 fully saturated rings. The Kier molecular flexibility index (Phi) is 27.4. The lowest BCUT2D eigenvalue weighted by molar-refractivity contribution is -0.144. The highest BCUT2D eigenvalue weighted by Gasteiger charge is 2.29. The first-order valence-corrected chi connectivity index (χ1v) is 17.5. The van der Waals surface area contributed by atoms with E-state index in [0.29, 0.717) is 13.0 Å². The molecule has 6 N–H and O–H groups in total. The van der Waals surface area contributed by atoms with Crippen LogP contribution in [-0.2, 0) is 47.8 Å². The molecule has 19 nitrogen and oxygen atoms in total. The number of carbonyl (C=O) groups is 8. The van der Waals surface area contributed by atoms with Crippen LogP contribution in [-0.4, -0.2) is 114 Å². The average Bonchev–Trinajstić information content (AvgIpc) is 3.06. The molecule has 0 bridgehead atoms. The molecular weight excluding hydrogens is 688 g/mol. The van der Waals surface area contributed by atoms with E-state index in [0.717, 1.165) is 44.9 Å². The fourth-order valence-electron chi connectivity index (χ4n) is 4.94. The quantitative estimate of drug-likeness (QED) is 0.0239. The number of rotatable bonds is 34. The third-order valence-electron chi connectivity index (χ3n) is 7.59. The molecular formula is C33H54N6O13. The van der Waals surface area contributed by atoms with Crippen LogP contribution in [0.4, 0.5) is 0 Å². The minimum absolute atomic E-state index is 0.00918. The van der Waals surface area contributed by atoms with Crippen molar-refractivity contribution < 1.29 is 63.1 Å². The highest BCUT2D eigenvalue weighted by Crippen LogP contribution is 2.13. The number of ether oxygens (including phenoxy) is 2. The molecule has 0 heterocycles. The standard InChI is InChI=1S/C33H54N6O13/c1-23(40)19-24(20-30(44)45)32(48)38-26(21-31(46)47)27(41)11-10-16-51-17-18-52-22-29(43)35-14-9-7-5-3-2-4-6-8-12-28(42)37-25(33(49)50)13-15-36-39-34/h24-26H,2-22H2,1H3,(H,35,43)(H,37,42)(H,38,48)(H,44,45)(H,46,47)(H,49,50). The minimum Gasteiger partial charge on any atom is -0.481 e. The van der Waals surface area contributed by atoms with Crippen molar-refractivity contribution in [3.05, 3.63) is 10.4 Å². The summed E-state index contributed by atoms with van der Waals surface area (Å²) in [4.78, 5) is 96.4. The normalized spacial score (nSPS) is 12.4. The van der Waals surface area contributed by atoms with Gasteiger partial charge in [-0.3, -0.25) is 28.8 Å². The van der Waals surface area contributed by atoms with Crippen LogP contribution in [0.2, 0.25) is 0 Å². The van der Waals surface area contributed by atoms with Gasteiger partial charge in [0.25, 0.3) is 0 Å². The predicted molar refractivity (Wildman–Crippen MR) is 184 cm³/mol. The molecule has 0 radical (unpaired) electrons. The zero-order chi connectivity index (χ0) is 39.1. The number of carboxylic acids is 3. The Labute approximate surface area is 302 Å². The molecule has 0 aromatic carbocycles. The maximum Gasteiger partial charge on any atom is 0.326 e. The predicted octanol–water partition coefficient (Wildman–Crippen LogP) is 2.30. The number of carbonyl (C=O) groups excluding carboxylic acids is 5. The highest BCUT2D eigenvalue weighted by atomic mass is 16.5. The smallest absolute Gasteiger partial charge is 0.326 e. The Morgan fingerprint density at radius 3 is 1.90 bits per heavy atom. The fraction of sp³-hybridized carbons (Fsp3) is 0.758. The van der Waals surface area contributed by atoms with E-state index in [2.05, 4.69) is 26.0 Å². The summed E-state index contributed by atoms with van der Waals surface area (Å²) in [5, 5.41) is 38.1. The summed E-state index contributed by atoms with van der Waals surface area (Å²) in [5.74, 6) is -7.52. The maximum atomic E-state index is 12.6. The first kappa shape index (κ1) is 47.4. The van der Waals surface area contributed by atoms with Gasteiger partial charge in [-0.1, -0.05) is 43.6 Å². The first-order valence-electron chi connectivity index (χ1n) is 17.5. The Bertz CT molecular complexity index is 1190. The SMILES string of the molecule is CC(=O)CC(CC(=O)O)C(=O)NC(CC(=O)O)C(=O)CCCOCCOCC(=O)NCCCCCCCCCCC(=O)NC(CCN=[N+]=[N-])C(=O)O. The van der Waals surface area contributed by atoms with E-state index >= 15 is 0 Å². The van der Waals surface area contributed by atoms with E-state index in [1.165, 1.54) is 6.92 Å². The third kappa shape index (κ3) is 27.2. The molecule has 0 aliphatic heterocycles. The summed E-state index contributed by atoms with van der Waals surface area (Å²) in [7, 11) is 0. The Balaban J connectivity index is 3.93. The van der Waals surface area contributed by atoms with Crippen molar-refractivity contribution >= 4 is 47.2 Å². The third-order valence-corrected chi connectivity index (χ3v) is 7.59. The van der Waals surface area contributed by atoms with Gasteiger partial charge in [-0.25, -0.2) is 4.79 Å². The molecule has 294 valence electrons. The van der Waals surface area contributed by atoms with Crippen molar-refractivity contribution in [3.63, 3.8) is 0 Å². The van der Waals surface area contributed by atoms with E-state index in [4.69, 9.17) is 30.3 Å². The summed E-state index contributed by atoms with van der Waals surface area (Å²) in [6.07, 6.45) is 5.94. The van der Waals surface area contributed by atoms with Gasteiger partial charge in [0, 0.05) is 43.9 Å². The van der Waals surface area contributed by atoms with E-state index in [9.17, 15) is 38.4 Å². The van der Waals surface area contributed by atoms with Crippen molar-refractivity contribution in [3.8, 4) is 0 Å². The molecule has 3 unspecified atom stereocenters. The molecule has 0 aliphatic rings. The second-order valence-electron chi connectivity index (χ2n) is 12.2. The molecule has 0 saturated carbocycles. The molecule has 0 aromatic heterocycles. The Hall–Kier alpha value is -4.61. The lowest BCUT2D eigenvalue weighted by Crippen LogP contribution is -2.45. The van der Waals surface area contributed by atoms with Gasteiger partial charge in [0.2, 0.25) is 17.7 Å². The van der Waals surface area contributed by atoms with Gasteiger partial charge in [0.05, 0.1) is 38.0 Å². The number of hydrogen-bond donors (Lipinski definition) is 6. The van der Waals surface area contributed by atoms with Crippen LogP contribution in [0.3, 0.4) is 0 Å². The van der Waals surface area contributed by atoms with Crippen LogP contribution < -0.4 is 16.0 Å². The van der Waals surface area contributed by atoms with Crippen LogP contribution in [0.25, 0.3) is 10.4 Å². The van der Waals surface area contributed by atoms with Gasteiger partial charge >= 0.3 is 17.9 Å². The monoisotopic (exact) mass is 742 g/mol. The minimum atomic E-state index is -1.38. The number of nitrogens with zero attached hydrogens (tertiary/aromatic N) is 3. The van der Waals surface area contributed by atoms with E-state index in [1.54, 1.807) is 0 Å². The fourth-order valence-corrected chi connectivity index (χ4v) is 4.94. The van der Waals surface area contributed by atoms with Crippen LogP contribution >= 0.6 is 0 Å². The molecule has 19 heteroatoms. The average molecular weight is 743 g/mol. The lowest BCUT2D eigenvalue weighted by atomic mass is 9.96. The number of amides is 3. The van der Waals surface area contributed by atoms with Crippen LogP contribution in [0.1, 0.15) is 103 Å². The number of ketones is 2. The van der Waals surface area contributed by atoms with Crippen LogP contribution in [0.15, 0.2) is 5.11 Å². The van der Waals surface area contributed by atoms with Crippen molar-refractivity contribution in [2.45, 2.75) is 115 Å². The van der Waals surface area contributed by atoms with Gasteiger partial charge in [0.15, 0.2) is 5.78 Å². The number of nitrogens with one attached hydrogen (secondary N) is 3. The molecule has 0 aromatic rings. The van der Waals surface area contributed by atoms with Gasteiger partial charge in [0.1, 0.15) is 18.4 Å². The van der Waals surface area contributed by atoms with Crippen molar-refractivity contribution in [2.24, 2.45) is 11.0 Å². The summed E-state index contributed by atoms with van der Waals surface area (Å²) in [6.45, 7) is 1.97. The van der Waals surface area contributed by atoms with E-state index < -0.39 is 66.2 Å². The van der Waals surface area contributed by atoms with E-state index in [-0.39, 0.29) is 76.9 Å². The molecule has 3 atom stereocenters. The lowest BCUT2D eigenvalue weighted by Gasteiger charge is -2.20. The molecule has 0 rings (SSSR count). The van der Waals surface area contributed by atoms with Gasteiger partial charge in [-0.2, -0.15) is 0 Å². The summed E-state index contributed by atoms with van der Waals surface area (Å²) < 4.78 is 10.7. The zero-order valence-corrected chi connectivity index (χ0v) is 29.8. The molecule has 0 saturated heterocycles. The topological polar surface area (TPSA) is 301 Å². The number of Topliss-reactive ketones (excluding diaryl/α,β-unsaturated/α-hetero) is 2. The number of carboxylic acid groups (broad SMARTS) is 3. The molecule has 3 amide bonds. The van der Waals surface area contributed by atoms with Gasteiger partial charge < -0.3 is 45.5 Å². The van der Waals surface area contributed by atoms with Crippen LogP contribution in [0, 0.1) is 5.92 Å². The summed E-state index contributed by atoms with van der Waals surface area (Å²) in [6, 6.07) is -2.46. The largest absolute Gasteiger partial charge is 0.481 e. The number of azide groups is 1. The van der Waals surface area contributed by atoms with Crippen molar-refractivity contribution in [1.29, 1.82) is 0 Å². The maximum absolute atomic E-state index is 12.6. The van der Waals surface area contributed by atoms with E-state index in [1.807, 2.05) is 0 Å². The van der Waals surface area contributed by atoms with Crippen molar-refractivity contribution in [2.75, 3.05) is 39.5 Å². The molecule has 0 spiro atoms. The van der Waals surface area contributed by atoms with Gasteiger partial charge in [-0.15, -0.1) is 0 Å². The Morgan fingerprint density at radius 2 is 1.31 bits per heavy atom. The Morgan fingerprint density at radius 1 is 0.692 bits per heavy atom. The van der Waals surface area contributed by atoms with Crippen LogP contribution in [0.5, 0.6) is 0 Å². The number of hydrogen-bond acceptors (Lipinski definition) is 11. The van der Waals surface area contributed by atoms with Gasteiger partial charge in [-0.05, 0) is 38.1 Å². The second-order valence-corrected chi connectivity index (χ2v) is 12.2. The molecule has 52 heavy (non-hydrogen) atoms. The molecule has 0 aliphatic carbocycles. The summed E-state index contributed by atoms with van der Waals surface area (Å²) >= 11 is 0. The summed E-state index contributed by atoms with van der Waals surface area (Å²) in [5.41, 5.74) is 8.28. The zero-order valence-electron chi connectivity index (χ0n) is 29.8. The second kappa shape index (κ2) is 30.1.